The fourth-order valence-electron chi connectivity index (χ4n) is 5.25. The summed E-state index contributed by atoms with van der Waals surface area (Å²) in [4.78, 5) is 21.4. The maximum Gasteiger partial charge on any atom is 0.184 e. The molecule has 39 heavy (non-hydrogen) atoms. The summed E-state index contributed by atoms with van der Waals surface area (Å²) in [6.45, 7) is 0. The second-order valence-electron chi connectivity index (χ2n) is 9.63. The molecule has 0 bridgehead atoms. The number of rotatable bonds is 6. The van der Waals surface area contributed by atoms with Gasteiger partial charge in [0.05, 0.1) is 22.8 Å². The molecule has 6 aromatic heterocycles. The van der Waals surface area contributed by atoms with Crippen molar-refractivity contribution in [2.45, 2.75) is 31.9 Å². The number of imidazole rings is 1. The maximum atomic E-state index is 16.1. The first kappa shape index (κ1) is 23.8. The lowest BCUT2D eigenvalue weighted by atomic mass is 10.1. The number of pyridine rings is 3. The normalized spacial score (nSPS) is 14.9. The van der Waals surface area contributed by atoms with Gasteiger partial charge >= 0.3 is 0 Å². The van der Waals surface area contributed by atoms with E-state index in [2.05, 4.69) is 40.4 Å². The number of thiophene rings is 1. The average molecular weight is 545 g/mol. The summed E-state index contributed by atoms with van der Waals surface area (Å²) in [5.41, 5.74) is 3.60. The van der Waals surface area contributed by atoms with Crippen molar-refractivity contribution in [2.24, 2.45) is 5.92 Å². The van der Waals surface area contributed by atoms with Gasteiger partial charge in [-0.15, -0.1) is 11.3 Å². The summed E-state index contributed by atoms with van der Waals surface area (Å²) in [7, 11) is 0. The molecule has 0 radical (unpaired) electrons. The topological polar surface area (TPSA) is 128 Å². The van der Waals surface area contributed by atoms with Crippen LogP contribution < -0.4 is 5.32 Å². The minimum atomic E-state index is -0.687. The molecule has 0 aliphatic heterocycles. The molecule has 1 aliphatic carbocycles. The third-order valence-electron chi connectivity index (χ3n) is 7.20. The maximum absolute atomic E-state index is 16.1. The molecule has 12 heteroatoms. The van der Waals surface area contributed by atoms with Crippen molar-refractivity contribution in [3.05, 3.63) is 60.0 Å². The summed E-state index contributed by atoms with van der Waals surface area (Å²) < 4.78 is 29.8. The number of fused-ring (bicyclic) bond motifs is 2. The number of aromatic nitrogens is 7. The number of aliphatic hydroxyl groups is 1. The van der Waals surface area contributed by atoms with Gasteiger partial charge in [0.1, 0.15) is 17.7 Å². The monoisotopic (exact) mass is 544 g/mol. The Kier molecular flexibility index (Phi) is 5.78. The van der Waals surface area contributed by atoms with E-state index >= 15 is 4.39 Å². The first-order valence-electron chi connectivity index (χ1n) is 12.6. The van der Waals surface area contributed by atoms with Gasteiger partial charge < -0.3 is 15.4 Å². The molecule has 0 amide bonds. The molecule has 1 saturated carbocycles. The van der Waals surface area contributed by atoms with Gasteiger partial charge in [0.25, 0.3) is 0 Å². The van der Waals surface area contributed by atoms with Crippen LogP contribution in [0.15, 0.2) is 49.1 Å². The molecule has 1 unspecified atom stereocenters. The van der Waals surface area contributed by atoms with Crippen LogP contribution >= 0.6 is 11.3 Å². The smallest absolute Gasteiger partial charge is 0.184 e. The highest BCUT2D eigenvalue weighted by Crippen LogP contribution is 2.36. The predicted octanol–water partition coefficient (Wildman–Crippen LogP) is 5.89. The van der Waals surface area contributed by atoms with Crippen LogP contribution in [0, 0.1) is 16.9 Å². The molecule has 7 rings (SSSR count). The molecular formula is C27H22F2N8OS. The van der Waals surface area contributed by atoms with Crippen LogP contribution in [0.1, 0.15) is 25.7 Å². The number of nitrogens with zero attached hydrogens (tertiary/aromatic N) is 5. The van der Waals surface area contributed by atoms with E-state index < -0.39 is 12.0 Å². The van der Waals surface area contributed by atoms with Crippen molar-refractivity contribution < 1.29 is 13.9 Å². The fourth-order valence-corrected chi connectivity index (χ4v) is 6.01. The van der Waals surface area contributed by atoms with Crippen LogP contribution in [0.25, 0.3) is 55.3 Å². The lowest BCUT2D eigenvalue weighted by Gasteiger charge is -2.20. The molecule has 6 aromatic rings. The van der Waals surface area contributed by atoms with Gasteiger partial charge in [0, 0.05) is 46.1 Å². The number of halogens is 2. The quantitative estimate of drug-likeness (QED) is 0.193. The second kappa shape index (κ2) is 9.47. The van der Waals surface area contributed by atoms with Gasteiger partial charge in [-0.25, -0.2) is 19.3 Å². The zero-order valence-corrected chi connectivity index (χ0v) is 21.3. The van der Waals surface area contributed by atoms with Crippen LogP contribution in [-0.2, 0) is 0 Å². The van der Waals surface area contributed by atoms with Crippen molar-refractivity contribution in [3.63, 3.8) is 0 Å². The third kappa shape index (κ3) is 4.21. The molecule has 0 aromatic carbocycles. The Morgan fingerprint density at radius 3 is 2.72 bits per heavy atom. The SMILES string of the molecule is OC(Nc1cncc(-c2cnc3n[nH]c(-c4nc5nccc(-c6ccc(F)s6)c5[nH]4)c3c2F)c1)C1CCCC1. The Hall–Kier alpha value is -4.29. The summed E-state index contributed by atoms with van der Waals surface area (Å²) in [6, 6.07) is 6.62. The lowest BCUT2D eigenvalue weighted by molar-refractivity contribution is 0.137. The first-order valence-corrected chi connectivity index (χ1v) is 13.4. The van der Waals surface area contributed by atoms with Crippen LogP contribution in [0.2, 0.25) is 0 Å². The molecule has 1 atom stereocenters. The van der Waals surface area contributed by atoms with Crippen LogP contribution in [-0.4, -0.2) is 46.5 Å². The van der Waals surface area contributed by atoms with Crippen molar-refractivity contribution >= 4 is 39.2 Å². The molecular weight excluding hydrogens is 522 g/mol. The van der Waals surface area contributed by atoms with Gasteiger partial charge in [-0.2, -0.15) is 9.49 Å². The van der Waals surface area contributed by atoms with Gasteiger partial charge in [-0.3, -0.25) is 10.1 Å². The van der Waals surface area contributed by atoms with E-state index in [9.17, 15) is 9.50 Å². The van der Waals surface area contributed by atoms with Crippen molar-refractivity contribution in [2.75, 3.05) is 5.32 Å². The van der Waals surface area contributed by atoms with Gasteiger partial charge in [-0.1, -0.05) is 12.8 Å². The van der Waals surface area contributed by atoms with E-state index in [1.807, 2.05) is 0 Å². The van der Waals surface area contributed by atoms with E-state index in [0.29, 0.717) is 33.9 Å². The van der Waals surface area contributed by atoms with Gasteiger partial charge in [0.2, 0.25) is 0 Å². The molecule has 4 N–H and O–H groups in total. The summed E-state index contributed by atoms with van der Waals surface area (Å²) in [6.07, 6.45) is 9.66. The molecule has 1 aliphatic rings. The van der Waals surface area contributed by atoms with E-state index in [0.717, 1.165) is 47.5 Å². The Bertz CT molecular complexity index is 1820. The average Bonchev–Trinajstić information content (AvgIpc) is 3.75. The number of aliphatic hydroxyl groups excluding tert-OH is 1. The molecule has 0 saturated heterocycles. The van der Waals surface area contributed by atoms with Crippen molar-refractivity contribution in [3.8, 4) is 33.1 Å². The van der Waals surface area contributed by atoms with Gasteiger partial charge in [-0.05, 0) is 37.1 Å². The Morgan fingerprint density at radius 1 is 1.03 bits per heavy atom. The number of hydrogen-bond donors (Lipinski definition) is 4. The van der Waals surface area contributed by atoms with E-state index in [1.54, 1.807) is 36.8 Å². The zero-order valence-electron chi connectivity index (χ0n) is 20.4. The fraction of sp³-hybridized carbons (Fsp3) is 0.222. The highest BCUT2D eigenvalue weighted by molar-refractivity contribution is 7.14. The summed E-state index contributed by atoms with van der Waals surface area (Å²) in [5.74, 6) is -0.0156. The highest BCUT2D eigenvalue weighted by Gasteiger charge is 2.24. The number of hydrogen-bond acceptors (Lipinski definition) is 8. The predicted molar refractivity (Wildman–Crippen MR) is 145 cm³/mol. The number of anilines is 1. The molecule has 1 fully saturated rings. The molecule has 6 heterocycles. The van der Waals surface area contributed by atoms with Gasteiger partial charge in [0.15, 0.2) is 22.2 Å². The van der Waals surface area contributed by atoms with Crippen LogP contribution in [0.5, 0.6) is 0 Å². The number of nitrogens with one attached hydrogen (secondary N) is 3. The zero-order chi connectivity index (χ0) is 26.5. The van der Waals surface area contributed by atoms with E-state index in [1.165, 1.54) is 12.3 Å². The number of aromatic amines is 2. The highest BCUT2D eigenvalue weighted by atomic mass is 32.1. The molecule has 196 valence electrons. The lowest BCUT2D eigenvalue weighted by Crippen LogP contribution is -2.26. The minimum absolute atomic E-state index is 0.166. The van der Waals surface area contributed by atoms with E-state index in [4.69, 9.17) is 0 Å². The third-order valence-corrected chi connectivity index (χ3v) is 8.10. The van der Waals surface area contributed by atoms with Crippen LogP contribution in [0.4, 0.5) is 14.5 Å². The van der Waals surface area contributed by atoms with Crippen LogP contribution in [0.3, 0.4) is 0 Å². The summed E-state index contributed by atoms with van der Waals surface area (Å²) >= 11 is 1.02. The Balaban J connectivity index is 1.28. The largest absolute Gasteiger partial charge is 0.374 e. The molecule has 0 spiro atoms. The Morgan fingerprint density at radius 2 is 1.90 bits per heavy atom. The Labute approximate surface area is 224 Å². The molecule has 9 nitrogen and oxygen atoms in total. The minimum Gasteiger partial charge on any atom is -0.374 e. The summed E-state index contributed by atoms with van der Waals surface area (Å²) in [5, 5.41) is 20.6. The first-order chi connectivity index (χ1) is 19.0. The standard InChI is InChI=1S/C27H22F2N8OS/c28-19-6-5-18(39-19)16-7-8-31-25-22(16)34-26(35-25)23-20-21(29)17(12-32-24(20)37-36-23)14-9-15(11-30-10-14)33-27(38)13-3-1-2-4-13/h5-13,27,33,38H,1-4H2,(H,31,34,35)(H,32,36,37). The van der Waals surface area contributed by atoms with Crippen molar-refractivity contribution in [1.29, 1.82) is 0 Å². The number of H-pyrrole nitrogens is 2. The van der Waals surface area contributed by atoms with E-state index in [-0.39, 0.29) is 27.6 Å². The van der Waals surface area contributed by atoms with Crippen molar-refractivity contribution in [1.82, 2.24) is 35.1 Å². The second-order valence-corrected chi connectivity index (χ2v) is 10.7.